The maximum Gasteiger partial charge on any atom is 0.338 e. The van der Waals surface area contributed by atoms with Gasteiger partial charge in [0.15, 0.2) is 6.61 Å². The number of hydrogen-bond acceptors (Lipinski definition) is 8. The first kappa shape index (κ1) is 21.3. The summed E-state index contributed by atoms with van der Waals surface area (Å²) in [6.45, 7) is 3.06. The average molecular weight is 450 g/mol. The Balaban J connectivity index is 1.41. The Morgan fingerprint density at radius 3 is 2.47 bits per heavy atom. The Kier molecular flexibility index (Phi) is 5.78. The Morgan fingerprint density at radius 1 is 1.06 bits per heavy atom. The molecule has 0 radical (unpaired) electrons. The van der Waals surface area contributed by atoms with Crippen LogP contribution in [0.1, 0.15) is 54.6 Å². The number of nitrogens with zero attached hydrogens (tertiary/aromatic N) is 3. The summed E-state index contributed by atoms with van der Waals surface area (Å²) in [6.07, 6.45) is 0. The molecule has 9 nitrogen and oxygen atoms in total. The predicted octanol–water partition coefficient (Wildman–Crippen LogP) is 2.68. The van der Waals surface area contributed by atoms with Gasteiger partial charge in [0.25, 0.3) is 17.7 Å². The van der Waals surface area contributed by atoms with Crippen molar-refractivity contribution in [2.24, 2.45) is 0 Å². The number of carbonyl (C=O) groups is 4. The highest BCUT2D eigenvalue weighted by molar-refractivity contribution is 7.15. The summed E-state index contributed by atoms with van der Waals surface area (Å²) in [6, 6.07) is 13.2. The van der Waals surface area contributed by atoms with Gasteiger partial charge in [-0.1, -0.05) is 41.7 Å². The molecule has 162 valence electrons. The zero-order chi connectivity index (χ0) is 22.8. The molecule has 0 bridgehead atoms. The lowest BCUT2D eigenvalue weighted by molar-refractivity contribution is -0.124. The van der Waals surface area contributed by atoms with E-state index in [9.17, 15) is 19.2 Å². The quantitative estimate of drug-likeness (QED) is 0.453. The fraction of sp³-hybridized carbons (Fsp3) is 0.182. The third-order valence-electron chi connectivity index (χ3n) is 4.84. The highest BCUT2D eigenvalue weighted by atomic mass is 32.1. The van der Waals surface area contributed by atoms with Crippen LogP contribution in [0.5, 0.6) is 0 Å². The van der Waals surface area contributed by atoms with Crippen molar-refractivity contribution in [1.82, 2.24) is 15.5 Å². The number of rotatable bonds is 6. The van der Waals surface area contributed by atoms with Crippen molar-refractivity contribution in [1.29, 1.82) is 0 Å². The third kappa shape index (κ3) is 4.12. The molecule has 4 rings (SSSR count). The van der Waals surface area contributed by atoms with Gasteiger partial charge in [-0.05, 0) is 37.6 Å². The summed E-state index contributed by atoms with van der Waals surface area (Å²) in [4.78, 5) is 50.8. The van der Waals surface area contributed by atoms with E-state index in [1.807, 2.05) is 37.3 Å². The summed E-state index contributed by atoms with van der Waals surface area (Å²) in [5.74, 6) is -2.36. The van der Waals surface area contributed by atoms with E-state index in [1.165, 1.54) is 18.2 Å². The molecular weight excluding hydrogens is 432 g/mol. The maximum atomic E-state index is 12.7. The predicted molar refractivity (Wildman–Crippen MR) is 116 cm³/mol. The fourth-order valence-electron chi connectivity index (χ4n) is 3.24. The number of anilines is 1. The van der Waals surface area contributed by atoms with Gasteiger partial charge >= 0.3 is 5.97 Å². The highest BCUT2D eigenvalue weighted by Gasteiger charge is 2.39. The van der Waals surface area contributed by atoms with E-state index in [0.717, 1.165) is 21.8 Å². The largest absolute Gasteiger partial charge is 0.452 e. The first-order chi connectivity index (χ1) is 15.3. The summed E-state index contributed by atoms with van der Waals surface area (Å²) in [5.41, 5.74) is 1.21. The minimum absolute atomic E-state index is 0.0594. The second kappa shape index (κ2) is 8.67. The van der Waals surface area contributed by atoms with E-state index < -0.39 is 30.3 Å². The number of fused-ring (bicyclic) bond motifs is 1. The fourth-order valence-corrected chi connectivity index (χ4v) is 3.93. The van der Waals surface area contributed by atoms with Gasteiger partial charge in [0, 0.05) is 0 Å². The molecule has 1 aliphatic rings. The topological polar surface area (TPSA) is 119 Å². The van der Waals surface area contributed by atoms with Crippen LogP contribution in [-0.2, 0) is 9.53 Å². The molecule has 1 N–H and O–H groups in total. The highest BCUT2D eigenvalue weighted by Crippen LogP contribution is 2.30. The number of esters is 1. The smallest absolute Gasteiger partial charge is 0.338 e. The van der Waals surface area contributed by atoms with Gasteiger partial charge in [-0.3, -0.25) is 14.4 Å². The van der Waals surface area contributed by atoms with Crippen molar-refractivity contribution in [3.8, 4) is 0 Å². The molecule has 0 spiro atoms. The zero-order valence-corrected chi connectivity index (χ0v) is 18.0. The lowest BCUT2D eigenvalue weighted by Crippen LogP contribution is -2.31. The lowest BCUT2D eigenvalue weighted by atomic mass is 10.1. The minimum Gasteiger partial charge on any atom is -0.452 e. The average Bonchev–Trinajstić information content (AvgIpc) is 3.32. The van der Waals surface area contributed by atoms with Gasteiger partial charge < -0.3 is 10.1 Å². The van der Waals surface area contributed by atoms with E-state index in [-0.39, 0.29) is 27.9 Å². The second-order valence-electron chi connectivity index (χ2n) is 7.09. The maximum absolute atomic E-state index is 12.7. The van der Waals surface area contributed by atoms with Crippen LogP contribution in [0.3, 0.4) is 0 Å². The van der Waals surface area contributed by atoms with E-state index in [4.69, 9.17) is 4.74 Å². The van der Waals surface area contributed by atoms with Crippen LogP contribution in [0.2, 0.25) is 0 Å². The van der Waals surface area contributed by atoms with Crippen molar-refractivity contribution < 1.29 is 23.9 Å². The molecule has 2 aromatic carbocycles. The first-order valence-corrected chi connectivity index (χ1v) is 10.5. The molecule has 32 heavy (non-hydrogen) atoms. The first-order valence-electron chi connectivity index (χ1n) is 9.69. The number of ether oxygens (including phenoxy) is 1. The Hall–Kier alpha value is -3.92. The molecule has 0 aliphatic carbocycles. The van der Waals surface area contributed by atoms with Gasteiger partial charge in [-0.2, -0.15) is 0 Å². The number of imide groups is 1. The number of carbonyl (C=O) groups excluding carboxylic acids is 4. The molecule has 1 aromatic heterocycles. The van der Waals surface area contributed by atoms with Crippen molar-refractivity contribution in [3.63, 3.8) is 0 Å². The molecule has 0 saturated carbocycles. The molecule has 10 heteroatoms. The van der Waals surface area contributed by atoms with Crippen molar-refractivity contribution in [2.45, 2.75) is 19.9 Å². The molecule has 0 fully saturated rings. The molecule has 1 atom stereocenters. The Morgan fingerprint density at radius 2 is 1.78 bits per heavy atom. The number of hydrogen-bond donors (Lipinski definition) is 1. The van der Waals surface area contributed by atoms with E-state index >= 15 is 0 Å². The standard InChI is InChI=1S/C22H18N4O5S/c1-12(14-6-4-3-5-7-14)23-18(27)11-31-21(30)15-8-9-16-17(10-15)20(29)26(19(16)28)22-25-24-13(2)32-22/h3-10,12H,11H2,1-2H3,(H,23,27)/t12-/m1/s1. The van der Waals surface area contributed by atoms with Gasteiger partial charge in [0.05, 0.1) is 22.7 Å². The van der Waals surface area contributed by atoms with Gasteiger partial charge in [0.2, 0.25) is 5.13 Å². The van der Waals surface area contributed by atoms with Crippen molar-refractivity contribution in [3.05, 3.63) is 75.8 Å². The number of nitrogens with one attached hydrogen (secondary N) is 1. The van der Waals surface area contributed by atoms with Crippen LogP contribution in [0.25, 0.3) is 0 Å². The van der Waals surface area contributed by atoms with Crippen LogP contribution in [-0.4, -0.2) is 40.5 Å². The second-order valence-corrected chi connectivity index (χ2v) is 8.25. The zero-order valence-electron chi connectivity index (χ0n) is 17.2. The van der Waals surface area contributed by atoms with Crippen LogP contribution in [0.4, 0.5) is 5.13 Å². The normalized spacial score (nSPS) is 13.6. The van der Waals surface area contributed by atoms with Crippen LogP contribution < -0.4 is 10.2 Å². The van der Waals surface area contributed by atoms with Crippen LogP contribution in [0.15, 0.2) is 48.5 Å². The molecule has 0 saturated heterocycles. The molecule has 3 amide bonds. The molecule has 2 heterocycles. The molecular formula is C22H18N4O5S. The molecule has 1 aliphatic heterocycles. The van der Waals surface area contributed by atoms with E-state index in [2.05, 4.69) is 15.5 Å². The van der Waals surface area contributed by atoms with Crippen LogP contribution in [0, 0.1) is 6.92 Å². The third-order valence-corrected chi connectivity index (χ3v) is 5.66. The molecule has 3 aromatic rings. The van der Waals surface area contributed by atoms with E-state index in [0.29, 0.717) is 5.01 Å². The van der Waals surface area contributed by atoms with E-state index in [1.54, 1.807) is 6.92 Å². The minimum atomic E-state index is -0.777. The summed E-state index contributed by atoms with van der Waals surface area (Å²) in [7, 11) is 0. The SMILES string of the molecule is Cc1nnc(N2C(=O)c3ccc(C(=O)OCC(=O)N[C@H](C)c4ccccc4)cc3C2=O)s1. The lowest BCUT2D eigenvalue weighted by Gasteiger charge is -2.14. The summed E-state index contributed by atoms with van der Waals surface area (Å²) < 4.78 is 5.08. The monoisotopic (exact) mass is 450 g/mol. The summed E-state index contributed by atoms with van der Waals surface area (Å²) >= 11 is 1.11. The number of aryl methyl sites for hydroxylation is 1. The van der Waals surface area contributed by atoms with Gasteiger partial charge in [0.1, 0.15) is 5.01 Å². The number of benzene rings is 2. The summed E-state index contributed by atoms with van der Waals surface area (Å²) in [5, 5.41) is 11.2. The molecule has 0 unspecified atom stereocenters. The van der Waals surface area contributed by atoms with Crippen molar-refractivity contribution in [2.75, 3.05) is 11.5 Å². The Bertz CT molecular complexity index is 1220. The number of aromatic nitrogens is 2. The van der Waals surface area contributed by atoms with Gasteiger partial charge in [-0.15, -0.1) is 10.2 Å². The Labute approximate surface area is 187 Å². The number of amides is 3. The van der Waals surface area contributed by atoms with Gasteiger partial charge in [-0.25, -0.2) is 9.69 Å². The van der Waals surface area contributed by atoms with Crippen molar-refractivity contribution >= 4 is 40.2 Å². The van der Waals surface area contributed by atoms with Crippen LogP contribution >= 0.6 is 11.3 Å².